The van der Waals surface area contributed by atoms with Crippen LogP contribution >= 0.6 is 0 Å². The molecule has 2 aliphatic rings. The van der Waals surface area contributed by atoms with E-state index >= 15 is 0 Å². The van der Waals surface area contributed by atoms with Crippen molar-refractivity contribution in [2.75, 3.05) is 11.9 Å². The number of aromatic nitrogens is 2. The number of aliphatic carboxylic acids is 1. The number of carbonyl (C=O) groups is 3. The van der Waals surface area contributed by atoms with Crippen molar-refractivity contribution >= 4 is 23.6 Å². The molecule has 1 unspecified atom stereocenters. The van der Waals surface area contributed by atoms with E-state index in [0.717, 1.165) is 30.3 Å². The molecule has 37 heavy (non-hydrogen) atoms. The van der Waals surface area contributed by atoms with Crippen molar-refractivity contribution in [3.63, 3.8) is 0 Å². The van der Waals surface area contributed by atoms with Gasteiger partial charge in [-0.2, -0.15) is 4.98 Å². The van der Waals surface area contributed by atoms with Gasteiger partial charge < -0.3 is 25.4 Å². The van der Waals surface area contributed by atoms with Crippen molar-refractivity contribution in [2.24, 2.45) is 17.7 Å². The van der Waals surface area contributed by atoms with Crippen LogP contribution < -0.4 is 16.8 Å². The minimum absolute atomic E-state index is 0.0297. The highest BCUT2D eigenvalue weighted by atomic mass is 16.5. The first-order chi connectivity index (χ1) is 17.6. The first-order valence-corrected chi connectivity index (χ1v) is 12.4. The maximum atomic E-state index is 12.5. The summed E-state index contributed by atoms with van der Waals surface area (Å²) in [6.07, 6.45) is 4.65. The van der Waals surface area contributed by atoms with E-state index in [0.29, 0.717) is 22.9 Å². The normalized spacial score (nSPS) is 21.1. The molecule has 1 aliphatic carbocycles. The zero-order chi connectivity index (χ0) is 27.1. The van der Waals surface area contributed by atoms with Gasteiger partial charge in [0.05, 0.1) is 12.5 Å². The molecule has 13 nitrogen and oxygen atoms in total. The van der Waals surface area contributed by atoms with E-state index in [1.807, 2.05) is 0 Å². The van der Waals surface area contributed by atoms with Gasteiger partial charge in [-0.1, -0.05) is 38.7 Å². The van der Waals surface area contributed by atoms with Gasteiger partial charge in [0.1, 0.15) is 11.9 Å². The molecule has 2 heterocycles. The molecule has 2 amide bonds. The van der Waals surface area contributed by atoms with Crippen LogP contribution in [0, 0.1) is 11.8 Å². The topological polar surface area (TPSA) is 197 Å². The molecule has 2 fully saturated rings. The third-order valence-corrected chi connectivity index (χ3v) is 6.98. The summed E-state index contributed by atoms with van der Waals surface area (Å²) in [7, 11) is 0. The lowest BCUT2D eigenvalue weighted by Crippen LogP contribution is -2.50. The van der Waals surface area contributed by atoms with Gasteiger partial charge in [0, 0.05) is 19.0 Å². The summed E-state index contributed by atoms with van der Waals surface area (Å²) in [6, 6.07) is -0.0249. The molecule has 0 bridgehead atoms. The van der Waals surface area contributed by atoms with E-state index in [1.165, 1.54) is 18.7 Å². The lowest BCUT2D eigenvalue weighted by Gasteiger charge is -2.26. The van der Waals surface area contributed by atoms with E-state index in [2.05, 4.69) is 16.9 Å². The minimum atomic E-state index is -1.68. The number of ether oxygens (including phenoxy) is 1. The molecular weight excluding hydrogens is 486 g/mol. The second-order valence-corrected chi connectivity index (χ2v) is 9.57. The second-order valence-electron chi connectivity index (χ2n) is 9.57. The summed E-state index contributed by atoms with van der Waals surface area (Å²) in [5.74, 6) is 3.06. The fourth-order valence-corrected chi connectivity index (χ4v) is 4.75. The predicted octanol–water partition coefficient (Wildman–Crippen LogP) is 0.490. The van der Waals surface area contributed by atoms with E-state index in [9.17, 15) is 34.5 Å². The monoisotopic (exact) mass is 521 g/mol. The molecule has 1 saturated carbocycles. The number of aliphatic hydroxyl groups is 2. The highest BCUT2D eigenvalue weighted by Gasteiger charge is 2.35. The molecule has 3 atom stereocenters. The van der Waals surface area contributed by atoms with E-state index in [4.69, 9.17) is 10.6 Å². The van der Waals surface area contributed by atoms with Crippen LogP contribution in [0.15, 0.2) is 29.2 Å². The van der Waals surface area contributed by atoms with Gasteiger partial charge in [-0.25, -0.2) is 15.4 Å². The van der Waals surface area contributed by atoms with Crippen LogP contribution in [0.4, 0.5) is 5.82 Å². The molecule has 204 valence electrons. The summed E-state index contributed by atoms with van der Waals surface area (Å²) < 4.78 is 6.53. The van der Waals surface area contributed by atoms with Gasteiger partial charge in [-0.15, -0.1) is 0 Å². The number of carboxylic acids is 1. The molecule has 1 aromatic heterocycles. The van der Waals surface area contributed by atoms with Crippen LogP contribution in [-0.2, 0) is 19.1 Å². The van der Waals surface area contributed by atoms with Gasteiger partial charge in [-0.3, -0.25) is 19.2 Å². The first kappa shape index (κ1) is 28.4. The number of nitrogens with one attached hydrogen (secondary N) is 1. The van der Waals surface area contributed by atoms with Crippen LogP contribution in [-0.4, -0.2) is 66.6 Å². The first-order valence-electron chi connectivity index (χ1n) is 12.4. The standard InChI is InChI=1S/C24H35N5O8/c1-14-16(22(32)33)13-37-21(14)28-12-11-18(27-24(28)36)26-19(30)9-8-17(23(34)35)29(25)20(31)10-7-15-5-3-2-4-6-15/h11-12,15-17,21-22,32-33H,1-10,13,25H2,(H,34,35)(H,26,27,30,36)/t16-,17+,21?/m1/s1. The number of nitrogens with two attached hydrogens (primary N) is 1. The quantitative estimate of drug-likeness (QED) is 0.0898. The van der Waals surface area contributed by atoms with Crippen molar-refractivity contribution in [3.8, 4) is 0 Å². The fourth-order valence-electron chi connectivity index (χ4n) is 4.75. The molecule has 1 saturated heterocycles. The van der Waals surface area contributed by atoms with E-state index in [1.54, 1.807) is 0 Å². The van der Waals surface area contributed by atoms with Gasteiger partial charge in [0.2, 0.25) is 11.8 Å². The number of hydrogen-bond acceptors (Lipinski definition) is 9. The largest absolute Gasteiger partial charge is 0.480 e. The third-order valence-electron chi connectivity index (χ3n) is 6.98. The number of hydrazine groups is 1. The Bertz CT molecular complexity index is 1050. The maximum absolute atomic E-state index is 12.5. The SMILES string of the molecule is C=C1C(n2ccc(NC(=O)CC[C@@H](C(=O)O)N(N)C(=O)CCC3CCCCC3)nc2=O)OC[C@H]1C(O)O. The van der Waals surface area contributed by atoms with Crippen LogP contribution in [0.5, 0.6) is 0 Å². The Morgan fingerprint density at radius 3 is 2.54 bits per heavy atom. The molecule has 1 aliphatic heterocycles. The van der Waals surface area contributed by atoms with Crippen LogP contribution in [0.3, 0.4) is 0 Å². The van der Waals surface area contributed by atoms with Gasteiger partial charge >= 0.3 is 11.7 Å². The Balaban J connectivity index is 1.52. The number of carbonyl (C=O) groups excluding carboxylic acids is 2. The third kappa shape index (κ3) is 7.44. The minimum Gasteiger partial charge on any atom is -0.480 e. The highest BCUT2D eigenvalue weighted by molar-refractivity contribution is 5.90. The number of anilines is 1. The fraction of sp³-hybridized carbons (Fsp3) is 0.625. The Kier molecular flexibility index (Phi) is 9.92. The summed E-state index contributed by atoms with van der Waals surface area (Å²) in [5, 5.41) is 31.4. The molecule has 0 spiro atoms. The summed E-state index contributed by atoms with van der Waals surface area (Å²) in [4.78, 5) is 52.8. The predicted molar refractivity (Wildman–Crippen MR) is 130 cm³/mol. The molecular formula is C24H35N5O8. The van der Waals surface area contributed by atoms with Crippen molar-refractivity contribution in [3.05, 3.63) is 34.9 Å². The molecule has 0 aromatic carbocycles. The molecule has 13 heteroatoms. The van der Waals surface area contributed by atoms with Crippen molar-refractivity contribution in [1.82, 2.24) is 14.6 Å². The number of amides is 2. The van der Waals surface area contributed by atoms with Crippen LogP contribution in [0.1, 0.15) is 64.0 Å². The van der Waals surface area contributed by atoms with Gasteiger partial charge in [0.25, 0.3) is 0 Å². The Morgan fingerprint density at radius 2 is 1.95 bits per heavy atom. The number of nitrogens with zero attached hydrogens (tertiary/aromatic N) is 3. The summed E-state index contributed by atoms with van der Waals surface area (Å²) in [6.45, 7) is 3.73. The van der Waals surface area contributed by atoms with Gasteiger partial charge in [-0.05, 0) is 30.4 Å². The van der Waals surface area contributed by atoms with E-state index in [-0.39, 0.29) is 31.7 Å². The summed E-state index contributed by atoms with van der Waals surface area (Å²) >= 11 is 0. The Labute approximate surface area is 213 Å². The second kappa shape index (κ2) is 12.9. The van der Waals surface area contributed by atoms with Crippen molar-refractivity contribution < 1.29 is 34.4 Å². The zero-order valence-corrected chi connectivity index (χ0v) is 20.6. The van der Waals surface area contributed by atoms with Crippen LogP contribution in [0.25, 0.3) is 0 Å². The molecule has 6 N–H and O–H groups in total. The Morgan fingerprint density at radius 1 is 1.24 bits per heavy atom. The van der Waals surface area contributed by atoms with Crippen molar-refractivity contribution in [2.45, 2.75) is 76.3 Å². The maximum Gasteiger partial charge on any atom is 0.351 e. The van der Waals surface area contributed by atoms with E-state index < -0.39 is 48.0 Å². The van der Waals surface area contributed by atoms with Gasteiger partial charge in [0.15, 0.2) is 12.5 Å². The molecule has 3 rings (SSSR count). The number of carboxylic acid groups (broad SMARTS) is 1. The number of rotatable bonds is 11. The smallest absolute Gasteiger partial charge is 0.351 e. The molecule has 1 aromatic rings. The summed E-state index contributed by atoms with van der Waals surface area (Å²) in [5.41, 5.74) is -0.466. The average molecular weight is 522 g/mol. The lowest BCUT2D eigenvalue weighted by molar-refractivity contribution is -0.151. The van der Waals surface area contributed by atoms with Crippen LogP contribution in [0.2, 0.25) is 0 Å². The lowest BCUT2D eigenvalue weighted by atomic mass is 9.86. The Hall–Kier alpha value is -3.13. The van der Waals surface area contributed by atoms with Crippen molar-refractivity contribution in [1.29, 1.82) is 0 Å². The zero-order valence-electron chi connectivity index (χ0n) is 20.6. The number of aliphatic hydroxyl groups excluding tert-OH is 1. The molecule has 0 radical (unpaired) electrons. The average Bonchev–Trinajstić information content (AvgIpc) is 3.24. The highest BCUT2D eigenvalue weighted by Crippen LogP contribution is 2.33. The number of hydrogen-bond donors (Lipinski definition) is 5.